The summed E-state index contributed by atoms with van der Waals surface area (Å²) in [4.78, 5) is 0. The van der Waals surface area contributed by atoms with E-state index < -0.39 is 8.32 Å². The van der Waals surface area contributed by atoms with E-state index in [1.807, 2.05) is 0 Å². The lowest BCUT2D eigenvalue weighted by atomic mass is 10.1. The molecule has 0 aromatic heterocycles. The second-order valence-corrected chi connectivity index (χ2v) is 12.3. The lowest BCUT2D eigenvalue weighted by Crippen LogP contribution is -3.00. The van der Waals surface area contributed by atoms with Gasteiger partial charge < -0.3 is 25.9 Å². The molecular formula is C17H40BrNOSi. The standard InChI is InChI=1S/C17H40NOSi.BrH/c1-8-9-10-11-12-13-14-15-16-18(3,4)17(2)19-20(5,6)7;/h17H,8-16H2,1-7H3;1H/q+1;/p-1. The predicted octanol–water partition coefficient (Wildman–Crippen LogP) is 2.41. The summed E-state index contributed by atoms with van der Waals surface area (Å²) in [5, 5.41) is 0. The largest absolute Gasteiger partial charge is 1.00 e. The zero-order chi connectivity index (χ0) is 15.6. The zero-order valence-corrected chi connectivity index (χ0v) is 18.3. The van der Waals surface area contributed by atoms with Gasteiger partial charge in [-0.25, -0.2) is 0 Å². The molecule has 0 rings (SSSR count). The van der Waals surface area contributed by atoms with Crippen molar-refractivity contribution in [3.63, 3.8) is 0 Å². The van der Waals surface area contributed by atoms with Gasteiger partial charge in [0, 0.05) is 6.92 Å². The number of halogens is 1. The van der Waals surface area contributed by atoms with Crippen LogP contribution < -0.4 is 17.0 Å². The first-order valence-corrected chi connectivity index (χ1v) is 12.1. The van der Waals surface area contributed by atoms with E-state index in [2.05, 4.69) is 47.6 Å². The van der Waals surface area contributed by atoms with Crippen molar-refractivity contribution in [2.24, 2.45) is 0 Å². The van der Waals surface area contributed by atoms with Gasteiger partial charge in [0.15, 0.2) is 14.5 Å². The number of unbranched alkanes of at least 4 members (excludes halogenated alkanes) is 7. The molecule has 0 aromatic rings. The summed E-state index contributed by atoms with van der Waals surface area (Å²) >= 11 is 0. The first-order chi connectivity index (χ1) is 9.19. The number of rotatable bonds is 12. The Balaban J connectivity index is 0. The van der Waals surface area contributed by atoms with Crippen LogP contribution in [0.3, 0.4) is 0 Å². The van der Waals surface area contributed by atoms with Crippen LogP contribution >= 0.6 is 0 Å². The van der Waals surface area contributed by atoms with Crippen molar-refractivity contribution in [2.45, 2.75) is 91.1 Å². The number of hydrogen-bond donors (Lipinski definition) is 0. The highest BCUT2D eigenvalue weighted by Crippen LogP contribution is 2.17. The summed E-state index contributed by atoms with van der Waals surface area (Å²) in [6.07, 6.45) is 11.5. The molecule has 0 aliphatic rings. The van der Waals surface area contributed by atoms with Gasteiger partial charge in [-0.05, 0) is 32.5 Å². The minimum Gasteiger partial charge on any atom is -1.00 e. The Kier molecular flexibility index (Phi) is 13.7. The molecule has 0 saturated carbocycles. The summed E-state index contributed by atoms with van der Waals surface area (Å²) in [7, 11) is 3.20. The summed E-state index contributed by atoms with van der Waals surface area (Å²) in [6, 6.07) is 0. The molecule has 130 valence electrons. The summed E-state index contributed by atoms with van der Waals surface area (Å²) < 4.78 is 7.24. The van der Waals surface area contributed by atoms with E-state index in [1.165, 1.54) is 57.9 Å². The molecule has 2 nitrogen and oxygen atoms in total. The first-order valence-electron chi connectivity index (χ1n) is 8.69. The maximum absolute atomic E-state index is 6.24. The van der Waals surface area contributed by atoms with Gasteiger partial charge >= 0.3 is 0 Å². The van der Waals surface area contributed by atoms with Gasteiger partial charge in [0.05, 0.1) is 20.6 Å². The lowest BCUT2D eigenvalue weighted by Gasteiger charge is -2.38. The van der Waals surface area contributed by atoms with E-state index in [9.17, 15) is 0 Å². The Morgan fingerprint density at radius 3 is 1.71 bits per heavy atom. The molecule has 0 saturated heterocycles. The maximum Gasteiger partial charge on any atom is 0.191 e. The number of nitrogens with zero attached hydrogens (tertiary/aromatic N) is 1. The molecule has 1 unspecified atom stereocenters. The molecule has 0 aliphatic heterocycles. The molecule has 4 heteroatoms. The van der Waals surface area contributed by atoms with Crippen molar-refractivity contribution >= 4 is 8.32 Å². The Morgan fingerprint density at radius 2 is 1.29 bits per heavy atom. The van der Waals surface area contributed by atoms with E-state index >= 15 is 0 Å². The van der Waals surface area contributed by atoms with Crippen LogP contribution in [0.1, 0.15) is 65.2 Å². The van der Waals surface area contributed by atoms with Crippen molar-refractivity contribution in [2.75, 3.05) is 20.6 Å². The molecule has 1 atom stereocenters. The Labute approximate surface area is 146 Å². The molecule has 0 amide bonds. The normalized spacial score (nSPS) is 13.9. The highest BCUT2D eigenvalue weighted by molar-refractivity contribution is 6.69. The summed E-state index contributed by atoms with van der Waals surface area (Å²) in [5.41, 5.74) is 0. The monoisotopic (exact) mass is 381 g/mol. The van der Waals surface area contributed by atoms with Crippen LogP contribution in [0, 0.1) is 0 Å². The molecule has 0 spiro atoms. The van der Waals surface area contributed by atoms with Crippen LogP contribution in [0.2, 0.25) is 19.6 Å². The number of quaternary nitrogens is 1. The van der Waals surface area contributed by atoms with Gasteiger partial charge in [-0.15, -0.1) is 0 Å². The number of hydrogen-bond acceptors (Lipinski definition) is 1. The molecule has 0 aromatic carbocycles. The van der Waals surface area contributed by atoms with E-state index in [-0.39, 0.29) is 17.0 Å². The van der Waals surface area contributed by atoms with E-state index in [4.69, 9.17) is 4.43 Å². The summed E-state index contributed by atoms with van der Waals surface area (Å²) in [6.45, 7) is 12.6. The van der Waals surface area contributed by atoms with Crippen molar-refractivity contribution < 1.29 is 25.9 Å². The van der Waals surface area contributed by atoms with Gasteiger partial charge in [0.1, 0.15) is 0 Å². The maximum atomic E-state index is 6.24. The van der Waals surface area contributed by atoms with Crippen LogP contribution in [-0.4, -0.2) is 39.7 Å². The molecule has 0 N–H and O–H groups in total. The Morgan fingerprint density at radius 1 is 0.857 bits per heavy atom. The van der Waals surface area contributed by atoms with Crippen LogP contribution in [0.4, 0.5) is 0 Å². The minimum atomic E-state index is -1.42. The fourth-order valence-electron chi connectivity index (χ4n) is 2.49. The minimum absolute atomic E-state index is 0. The highest BCUT2D eigenvalue weighted by atomic mass is 79.9. The Bertz CT molecular complexity index is 241. The Hall–Kier alpha value is 0.617. The topological polar surface area (TPSA) is 9.23 Å². The van der Waals surface area contributed by atoms with Crippen LogP contribution in [0.15, 0.2) is 0 Å². The third-order valence-electron chi connectivity index (χ3n) is 4.10. The third kappa shape index (κ3) is 14.0. The van der Waals surface area contributed by atoms with Crippen molar-refractivity contribution in [1.29, 1.82) is 0 Å². The zero-order valence-electron chi connectivity index (χ0n) is 15.7. The fraction of sp³-hybridized carbons (Fsp3) is 1.00. The smallest absolute Gasteiger partial charge is 0.191 e. The van der Waals surface area contributed by atoms with Crippen molar-refractivity contribution in [1.82, 2.24) is 0 Å². The van der Waals surface area contributed by atoms with Gasteiger partial charge in [0.25, 0.3) is 0 Å². The van der Waals surface area contributed by atoms with E-state index in [0.29, 0.717) is 6.23 Å². The van der Waals surface area contributed by atoms with Crippen LogP contribution in [0.5, 0.6) is 0 Å². The molecule has 0 fully saturated rings. The lowest BCUT2D eigenvalue weighted by molar-refractivity contribution is -0.932. The molecule has 0 radical (unpaired) electrons. The van der Waals surface area contributed by atoms with Crippen LogP contribution in [-0.2, 0) is 4.43 Å². The second-order valence-electron chi connectivity index (χ2n) is 7.81. The molecule has 21 heavy (non-hydrogen) atoms. The quantitative estimate of drug-likeness (QED) is 0.218. The van der Waals surface area contributed by atoms with Gasteiger partial charge in [-0.3, -0.25) is 0 Å². The van der Waals surface area contributed by atoms with Gasteiger partial charge in [-0.1, -0.05) is 45.4 Å². The van der Waals surface area contributed by atoms with Gasteiger partial charge in [0.2, 0.25) is 0 Å². The third-order valence-corrected chi connectivity index (χ3v) is 5.14. The van der Waals surface area contributed by atoms with Crippen molar-refractivity contribution in [3.05, 3.63) is 0 Å². The average Bonchev–Trinajstić information content (AvgIpc) is 2.30. The fourth-order valence-corrected chi connectivity index (χ4v) is 3.80. The average molecular weight is 383 g/mol. The predicted molar refractivity (Wildman–Crippen MR) is 93.5 cm³/mol. The van der Waals surface area contributed by atoms with Gasteiger partial charge in [-0.2, -0.15) is 0 Å². The molecule has 0 aliphatic carbocycles. The molecule has 0 heterocycles. The molecule has 0 bridgehead atoms. The van der Waals surface area contributed by atoms with Crippen LogP contribution in [0.25, 0.3) is 0 Å². The van der Waals surface area contributed by atoms with E-state index in [0.717, 1.165) is 4.48 Å². The first kappa shape index (κ1) is 23.9. The van der Waals surface area contributed by atoms with E-state index in [1.54, 1.807) is 0 Å². The molecular weight excluding hydrogens is 342 g/mol. The highest BCUT2D eigenvalue weighted by Gasteiger charge is 2.29. The SMILES string of the molecule is CCCCCCCCCC[N+](C)(C)C(C)O[Si](C)(C)C.[Br-]. The van der Waals surface area contributed by atoms with Crippen molar-refractivity contribution in [3.8, 4) is 0 Å². The second kappa shape index (κ2) is 12.1. The summed E-state index contributed by atoms with van der Waals surface area (Å²) in [5.74, 6) is 0.